The number of thiazole rings is 1. The maximum atomic E-state index is 9.55. The van der Waals surface area contributed by atoms with Crippen LogP contribution in [0.4, 0.5) is 0 Å². The topological polar surface area (TPSA) is 90.7 Å². The summed E-state index contributed by atoms with van der Waals surface area (Å²) in [6, 6.07) is 2.25. The quantitative estimate of drug-likeness (QED) is 0.780. The summed E-state index contributed by atoms with van der Waals surface area (Å²) in [4.78, 5) is 29.6. The van der Waals surface area contributed by atoms with Gasteiger partial charge in [0.05, 0.1) is 10.7 Å². The number of aromatic nitrogens is 1. The van der Waals surface area contributed by atoms with E-state index in [9.17, 15) is 9.59 Å². The van der Waals surface area contributed by atoms with Gasteiger partial charge in [0, 0.05) is 39.9 Å². The Hall–Kier alpha value is -2.03. The molecule has 1 fully saturated rings. The highest BCUT2D eigenvalue weighted by atomic mass is 32.1. The number of carboxylic acids is 2. The van der Waals surface area contributed by atoms with Gasteiger partial charge in [0.15, 0.2) is 0 Å². The molecule has 6 nitrogen and oxygen atoms in total. The molecule has 1 aliphatic carbocycles. The molecule has 8 heteroatoms. The van der Waals surface area contributed by atoms with Crippen LogP contribution < -0.4 is 0 Å². The Balaban J connectivity index is 0.000000211. The first-order valence-electron chi connectivity index (χ1n) is 8.33. The number of hydrogen-bond acceptors (Lipinski definition) is 6. The molecule has 1 aliphatic heterocycles. The van der Waals surface area contributed by atoms with E-state index in [1.54, 1.807) is 0 Å². The highest BCUT2D eigenvalue weighted by Crippen LogP contribution is 2.41. The SMILES string of the molecule is CN1CCC(c2nc3c(s2)CCc2sccc2-3)C1.O=C(O)C=CC(=O)O. The molecule has 3 heterocycles. The van der Waals surface area contributed by atoms with Gasteiger partial charge in [-0.3, -0.25) is 0 Å². The Morgan fingerprint density at radius 1 is 1.23 bits per heavy atom. The van der Waals surface area contributed by atoms with Crippen molar-refractivity contribution in [2.45, 2.75) is 25.2 Å². The van der Waals surface area contributed by atoms with Gasteiger partial charge in [-0.2, -0.15) is 0 Å². The number of likely N-dealkylation sites (N-methyl/N-ethyl adjacent to an activating group) is 1. The largest absolute Gasteiger partial charge is 0.478 e. The molecule has 0 saturated carbocycles. The maximum absolute atomic E-state index is 9.55. The van der Waals surface area contributed by atoms with Crippen LogP contribution in [0.5, 0.6) is 0 Å². The summed E-state index contributed by atoms with van der Waals surface area (Å²) in [6.07, 6.45) is 4.80. The van der Waals surface area contributed by atoms with E-state index in [2.05, 4.69) is 23.4 Å². The fourth-order valence-electron chi connectivity index (χ4n) is 3.18. The first-order chi connectivity index (χ1) is 12.4. The molecule has 2 aromatic rings. The van der Waals surface area contributed by atoms with Crippen LogP contribution in [-0.4, -0.2) is 52.2 Å². The van der Waals surface area contributed by atoms with E-state index < -0.39 is 11.9 Å². The Labute approximate surface area is 159 Å². The summed E-state index contributed by atoms with van der Waals surface area (Å²) in [5.74, 6) is -1.84. The van der Waals surface area contributed by atoms with Gasteiger partial charge < -0.3 is 15.1 Å². The standard InChI is InChI=1S/C14H16N2S2.C4H4O4/c1-16-6-4-9(8-16)14-15-13-10-5-7-17-11(10)2-3-12(13)18-14;5-3(6)1-2-4(7)8/h5,7,9H,2-4,6,8H2,1H3;1-2H,(H,5,6)(H,7,8). The molecular formula is C18H20N2O4S2. The number of thiophene rings is 1. The van der Waals surface area contributed by atoms with Crippen molar-refractivity contribution in [3.63, 3.8) is 0 Å². The fraction of sp³-hybridized carbons (Fsp3) is 0.389. The minimum Gasteiger partial charge on any atom is -0.478 e. The number of aryl methyl sites for hydroxylation is 2. The molecule has 0 spiro atoms. The molecule has 0 bridgehead atoms. The van der Waals surface area contributed by atoms with Crippen LogP contribution in [0, 0.1) is 0 Å². The van der Waals surface area contributed by atoms with E-state index in [1.165, 1.54) is 58.4 Å². The summed E-state index contributed by atoms with van der Waals surface area (Å²) in [5.41, 5.74) is 2.71. The zero-order chi connectivity index (χ0) is 18.7. The third kappa shape index (κ3) is 4.38. The van der Waals surface area contributed by atoms with Crippen LogP contribution in [0.2, 0.25) is 0 Å². The summed E-state index contributed by atoms with van der Waals surface area (Å²) in [6.45, 7) is 2.40. The first-order valence-corrected chi connectivity index (χ1v) is 10.0. The second-order valence-corrected chi connectivity index (χ2v) is 8.45. The van der Waals surface area contributed by atoms with Crippen molar-refractivity contribution in [1.29, 1.82) is 0 Å². The summed E-state index contributed by atoms with van der Waals surface area (Å²) >= 11 is 3.86. The van der Waals surface area contributed by atoms with Crippen molar-refractivity contribution in [3.05, 3.63) is 38.4 Å². The van der Waals surface area contributed by atoms with Crippen molar-refractivity contribution in [3.8, 4) is 11.3 Å². The van der Waals surface area contributed by atoms with Gasteiger partial charge in [0.25, 0.3) is 0 Å². The van der Waals surface area contributed by atoms with E-state index in [0.29, 0.717) is 18.1 Å². The molecule has 138 valence electrons. The van der Waals surface area contributed by atoms with Gasteiger partial charge in [-0.05, 0) is 44.3 Å². The number of likely N-dealkylation sites (tertiary alicyclic amines) is 1. The zero-order valence-electron chi connectivity index (χ0n) is 14.3. The molecule has 0 amide bonds. The van der Waals surface area contributed by atoms with E-state index in [-0.39, 0.29) is 0 Å². The molecule has 26 heavy (non-hydrogen) atoms. The van der Waals surface area contributed by atoms with E-state index in [4.69, 9.17) is 15.2 Å². The van der Waals surface area contributed by atoms with E-state index >= 15 is 0 Å². The minimum absolute atomic E-state index is 0.558. The van der Waals surface area contributed by atoms with Gasteiger partial charge in [-0.25, -0.2) is 14.6 Å². The van der Waals surface area contributed by atoms with Crippen LogP contribution in [0.15, 0.2) is 23.6 Å². The number of rotatable bonds is 3. The minimum atomic E-state index is -1.26. The summed E-state index contributed by atoms with van der Waals surface area (Å²) in [7, 11) is 2.21. The van der Waals surface area contributed by atoms with Crippen LogP contribution in [0.25, 0.3) is 11.3 Å². The van der Waals surface area contributed by atoms with Gasteiger partial charge in [0.2, 0.25) is 0 Å². The molecule has 4 rings (SSSR count). The third-order valence-corrected chi connectivity index (χ3v) is 6.66. The lowest BCUT2D eigenvalue weighted by molar-refractivity contribution is -0.134. The number of carboxylic acid groups (broad SMARTS) is 2. The molecule has 0 radical (unpaired) electrons. The van der Waals surface area contributed by atoms with E-state index in [1.807, 2.05) is 22.7 Å². The lowest BCUT2D eigenvalue weighted by atomic mass is 10.0. The number of fused-ring (bicyclic) bond motifs is 3. The van der Waals surface area contributed by atoms with Crippen LogP contribution in [0.3, 0.4) is 0 Å². The lowest BCUT2D eigenvalue weighted by Gasteiger charge is -2.09. The molecule has 2 N–H and O–H groups in total. The van der Waals surface area contributed by atoms with E-state index in [0.717, 1.165) is 0 Å². The van der Waals surface area contributed by atoms with Gasteiger partial charge in [-0.1, -0.05) is 0 Å². The van der Waals surface area contributed by atoms with Crippen LogP contribution in [-0.2, 0) is 22.4 Å². The van der Waals surface area contributed by atoms with Crippen LogP contribution >= 0.6 is 22.7 Å². The smallest absolute Gasteiger partial charge is 0.328 e. The average Bonchev–Trinajstić information content (AvgIpc) is 3.30. The Kier molecular flexibility index (Phi) is 5.85. The van der Waals surface area contributed by atoms with Gasteiger partial charge in [-0.15, -0.1) is 22.7 Å². The fourth-order valence-corrected chi connectivity index (χ4v) is 5.26. The van der Waals surface area contributed by atoms with Gasteiger partial charge >= 0.3 is 11.9 Å². The summed E-state index contributed by atoms with van der Waals surface area (Å²) in [5, 5.41) is 19.2. The average molecular weight is 393 g/mol. The van der Waals surface area contributed by atoms with Crippen molar-refractivity contribution in [1.82, 2.24) is 9.88 Å². The molecule has 2 aromatic heterocycles. The monoisotopic (exact) mass is 392 g/mol. The van der Waals surface area contributed by atoms with Crippen molar-refractivity contribution >= 4 is 34.6 Å². The lowest BCUT2D eigenvalue weighted by Crippen LogP contribution is -2.13. The molecule has 1 saturated heterocycles. The number of nitrogens with zero attached hydrogens (tertiary/aromatic N) is 2. The number of aliphatic carboxylic acids is 2. The van der Waals surface area contributed by atoms with Crippen molar-refractivity contribution < 1.29 is 19.8 Å². The molecule has 0 aromatic carbocycles. The van der Waals surface area contributed by atoms with Gasteiger partial charge in [0.1, 0.15) is 0 Å². The first kappa shape index (κ1) is 18.8. The molecule has 1 atom stereocenters. The second-order valence-electron chi connectivity index (χ2n) is 6.34. The predicted octanol–water partition coefficient (Wildman–Crippen LogP) is 3.10. The Morgan fingerprint density at radius 3 is 2.54 bits per heavy atom. The maximum Gasteiger partial charge on any atom is 0.328 e. The molecular weight excluding hydrogens is 372 g/mol. The zero-order valence-corrected chi connectivity index (χ0v) is 16.0. The molecule has 1 unspecified atom stereocenters. The Bertz CT molecular complexity index is 824. The number of carbonyl (C=O) groups is 2. The third-order valence-electron chi connectivity index (χ3n) is 4.40. The van der Waals surface area contributed by atoms with Crippen molar-refractivity contribution in [2.75, 3.05) is 20.1 Å². The number of hydrogen-bond donors (Lipinski definition) is 2. The molecule has 2 aliphatic rings. The normalized spacial score (nSPS) is 18.9. The van der Waals surface area contributed by atoms with Crippen LogP contribution in [0.1, 0.15) is 27.1 Å². The summed E-state index contributed by atoms with van der Waals surface area (Å²) < 4.78 is 0. The second kappa shape index (κ2) is 8.11. The highest BCUT2D eigenvalue weighted by molar-refractivity contribution is 7.12. The van der Waals surface area contributed by atoms with Crippen molar-refractivity contribution in [2.24, 2.45) is 0 Å². The highest BCUT2D eigenvalue weighted by Gasteiger charge is 2.28. The Morgan fingerprint density at radius 2 is 1.92 bits per heavy atom. The predicted molar refractivity (Wildman–Crippen MR) is 102 cm³/mol.